The van der Waals surface area contributed by atoms with E-state index < -0.39 is 0 Å². The van der Waals surface area contributed by atoms with Crippen molar-refractivity contribution in [3.05, 3.63) is 18.0 Å². The van der Waals surface area contributed by atoms with Gasteiger partial charge < -0.3 is 11.1 Å². The normalized spacial score (nSPS) is 14.4. The molecule has 5 nitrogen and oxygen atoms in total. The summed E-state index contributed by atoms with van der Waals surface area (Å²) < 4.78 is 1.74. The summed E-state index contributed by atoms with van der Waals surface area (Å²) in [6.45, 7) is 8.11. The second-order valence-corrected chi connectivity index (χ2v) is 6.00. The van der Waals surface area contributed by atoms with Crippen molar-refractivity contribution in [3.8, 4) is 0 Å². The minimum absolute atomic E-state index is 0. The molecule has 0 aliphatic heterocycles. The molecule has 0 fully saturated rings. The molecule has 6 heteroatoms. The van der Waals surface area contributed by atoms with Crippen molar-refractivity contribution in [3.63, 3.8) is 0 Å². The maximum absolute atomic E-state index is 11.9. The summed E-state index contributed by atoms with van der Waals surface area (Å²) in [5, 5.41) is 7.21. The number of amides is 1. The van der Waals surface area contributed by atoms with Crippen molar-refractivity contribution < 1.29 is 4.79 Å². The first-order valence-electron chi connectivity index (χ1n) is 6.23. The lowest BCUT2D eigenvalue weighted by Crippen LogP contribution is -2.38. The van der Waals surface area contributed by atoms with Crippen LogP contribution in [-0.4, -0.2) is 21.7 Å². The number of aromatic nitrogens is 2. The van der Waals surface area contributed by atoms with Gasteiger partial charge in [-0.1, -0.05) is 20.8 Å². The number of nitrogens with one attached hydrogen (secondary N) is 1. The Labute approximate surface area is 121 Å². The number of nitrogens with two attached hydrogens (primary N) is 1. The predicted molar refractivity (Wildman–Crippen MR) is 79.1 cm³/mol. The highest BCUT2D eigenvalue weighted by Gasteiger charge is 2.28. The van der Waals surface area contributed by atoms with E-state index in [0.29, 0.717) is 6.42 Å². The Morgan fingerprint density at radius 1 is 1.53 bits per heavy atom. The molecule has 0 aliphatic rings. The first-order chi connectivity index (χ1) is 8.20. The molecular weight excluding hydrogens is 264 g/mol. The number of hydrogen-bond donors (Lipinski definition) is 2. The maximum Gasteiger partial charge on any atom is 0.222 e. The summed E-state index contributed by atoms with van der Waals surface area (Å²) in [5.74, 6) is -0.0196. The highest BCUT2D eigenvalue weighted by atomic mass is 35.5. The molecule has 1 rings (SSSR count). The fraction of sp³-hybridized carbons (Fsp3) is 0.692. The fourth-order valence-corrected chi connectivity index (χ4v) is 1.90. The molecule has 0 spiro atoms. The fourth-order valence-electron chi connectivity index (χ4n) is 1.90. The smallest absolute Gasteiger partial charge is 0.222 e. The van der Waals surface area contributed by atoms with E-state index in [1.165, 1.54) is 0 Å². The van der Waals surface area contributed by atoms with Crippen LogP contribution in [-0.2, 0) is 11.8 Å². The number of halogens is 1. The lowest BCUT2D eigenvalue weighted by Gasteiger charge is -2.31. The van der Waals surface area contributed by atoms with E-state index in [0.717, 1.165) is 5.56 Å². The first kappa shape index (κ1) is 17.9. The van der Waals surface area contributed by atoms with Gasteiger partial charge in [0.25, 0.3) is 0 Å². The molecule has 0 radical (unpaired) electrons. The molecule has 0 bridgehead atoms. The number of aryl methyl sites for hydroxylation is 1. The molecule has 1 aromatic heterocycles. The Kier molecular flexibility index (Phi) is 6.52. The Morgan fingerprint density at radius 2 is 2.11 bits per heavy atom. The Balaban J connectivity index is 0.00000324. The van der Waals surface area contributed by atoms with E-state index in [2.05, 4.69) is 31.2 Å². The quantitative estimate of drug-likeness (QED) is 0.887. The summed E-state index contributed by atoms with van der Waals surface area (Å²) >= 11 is 0. The average molecular weight is 289 g/mol. The van der Waals surface area contributed by atoms with Crippen molar-refractivity contribution in [2.75, 3.05) is 0 Å². The van der Waals surface area contributed by atoms with E-state index >= 15 is 0 Å². The van der Waals surface area contributed by atoms with Gasteiger partial charge >= 0.3 is 0 Å². The molecular formula is C13H25ClN4O. The van der Waals surface area contributed by atoms with Gasteiger partial charge in [0, 0.05) is 31.3 Å². The SMILES string of the molecule is CC(N)CC(=O)NC(c1cnn(C)c1)C(C)(C)C.Cl. The third-order valence-electron chi connectivity index (χ3n) is 2.74. The lowest BCUT2D eigenvalue weighted by molar-refractivity contribution is -0.122. The lowest BCUT2D eigenvalue weighted by atomic mass is 9.83. The molecule has 1 amide bonds. The second-order valence-electron chi connectivity index (χ2n) is 6.00. The molecule has 1 heterocycles. The van der Waals surface area contributed by atoms with Crippen molar-refractivity contribution in [1.29, 1.82) is 0 Å². The summed E-state index contributed by atoms with van der Waals surface area (Å²) in [4.78, 5) is 11.9. The zero-order chi connectivity index (χ0) is 13.9. The zero-order valence-corrected chi connectivity index (χ0v) is 13.1. The Hall–Kier alpha value is -1.07. The van der Waals surface area contributed by atoms with Gasteiger partial charge in [0.15, 0.2) is 0 Å². The third kappa shape index (κ3) is 5.61. The molecule has 2 unspecified atom stereocenters. The van der Waals surface area contributed by atoms with Crippen LogP contribution >= 0.6 is 12.4 Å². The van der Waals surface area contributed by atoms with E-state index in [1.54, 1.807) is 10.9 Å². The van der Waals surface area contributed by atoms with Crippen molar-refractivity contribution >= 4 is 18.3 Å². The van der Waals surface area contributed by atoms with Crippen LogP contribution in [0, 0.1) is 5.41 Å². The van der Waals surface area contributed by atoms with Crippen LogP contribution in [0.4, 0.5) is 0 Å². The average Bonchev–Trinajstić information content (AvgIpc) is 2.58. The monoisotopic (exact) mass is 288 g/mol. The van der Waals surface area contributed by atoms with Crippen LogP contribution in [0.2, 0.25) is 0 Å². The molecule has 3 N–H and O–H groups in total. The van der Waals surface area contributed by atoms with Crippen LogP contribution < -0.4 is 11.1 Å². The van der Waals surface area contributed by atoms with Gasteiger partial charge in [-0.05, 0) is 12.3 Å². The Morgan fingerprint density at radius 3 is 2.47 bits per heavy atom. The third-order valence-corrected chi connectivity index (χ3v) is 2.74. The molecule has 0 aliphatic carbocycles. The van der Waals surface area contributed by atoms with Gasteiger partial charge in [-0.25, -0.2) is 0 Å². The van der Waals surface area contributed by atoms with Crippen LogP contribution in [0.1, 0.15) is 45.7 Å². The molecule has 0 aromatic carbocycles. The van der Waals surface area contributed by atoms with Gasteiger partial charge in [-0.15, -0.1) is 12.4 Å². The summed E-state index contributed by atoms with van der Waals surface area (Å²) in [7, 11) is 1.87. The van der Waals surface area contributed by atoms with Crippen LogP contribution in [0.15, 0.2) is 12.4 Å². The minimum Gasteiger partial charge on any atom is -0.349 e. The first-order valence-corrected chi connectivity index (χ1v) is 6.23. The molecule has 19 heavy (non-hydrogen) atoms. The highest BCUT2D eigenvalue weighted by Crippen LogP contribution is 2.32. The van der Waals surface area contributed by atoms with Crippen LogP contribution in [0.5, 0.6) is 0 Å². The maximum atomic E-state index is 11.9. The van der Waals surface area contributed by atoms with E-state index in [9.17, 15) is 4.79 Å². The van der Waals surface area contributed by atoms with Crippen LogP contribution in [0.3, 0.4) is 0 Å². The second kappa shape index (κ2) is 6.91. The van der Waals surface area contributed by atoms with Gasteiger partial charge in [-0.2, -0.15) is 5.10 Å². The largest absolute Gasteiger partial charge is 0.349 e. The molecule has 0 saturated carbocycles. The molecule has 2 atom stereocenters. The van der Waals surface area contributed by atoms with E-state index in [-0.39, 0.29) is 35.8 Å². The van der Waals surface area contributed by atoms with Gasteiger partial charge in [0.1, 0.15) is 0 Å². The standard InChI is InChI=1S/C13H24N4O.ClH/c1-9(14)6-11(18)16-12(13(2,3)4)10-7-15-17(5)8-10;/h7-9,12H,6,14H2,1-5H3,(H,16,18);1H. The summed E-state index contributed by atoms with van der Waals surface area (Å²) in [6.07, 6.45) is 4.07. The van der Waals surface area contributed by atoms with Gasteiger partial charge in [-0.3, -0.25) is 9.48 Å². The molecule has 1 aromatic rings. The highest BCUT2D eigenvalue weighted by molar-refractivity contribution is 5.85. The van der Waals surface area contributed by atoms with Crippen LogP contribution in [0.25, 0.3) is 0 Å². The number of rotatable bonds is 4. The van der Waals surface area contributed by atoms with Gasteiger partial charge in [0.05, 0.1) is 12.2 Å². The summed E-state index contributed by atoms with van der Waals surface area (Å²) in [6, 6.07) is -0.183. The van der Waals surface area contributed by atoms with Gasteiger partial charge in [0.2, 0.25) is 5.91 Å². The van der Waals surface area contributed by atoms with Crippen molar-refractivity contribution in [1.82, 2.24) is 15.1 Å². The van der Waals surface area contributed by atoms with Crippen molar-refractivity contribution in [2.24, 2.45) is 18.2 Å². The number of nitrogens with zero attached hydrogens (tertiary/aromatic N) is 2. The number of hydrogen-bond acceptors (Lipinski definition) is 3. The minimum atomic E-state index is -0.125. The predicted octanol–water partition coefficient (Wildman–Crippen LogP) is 1.78. The van der Waals surface area contributed by atoms with E-state index in [1.807, 2.05) is 20.2 Å². The molecule has 0 saturated heterocycles. The number of carbonyl (C=O) groups is 1. The van der Waals surface area contributed by atoms with E-state index in [4.69, 9.17) is 5.73 Å². The summed E-state index contributed by atoms with van der Waals surface area (Å²) in [5.41, 5.74) is 6.59. The van der Waals surface area contributed by atoms with Crippen molar-refractivity contribution in [2.45, 2.75) is 46.2 Å². The topological polar surface area (TPSA) is 72.9 Å². The molecule has 110 valence electrons. The zero-order valence-electron chi connectivity index (χ0n) is 12.3. The number of carbonyl (C=O) groups excluding carboxylic acids is 1. The Bertz CT molecular complexity index is 409.